The van der Waals surface area contributed by atoms with E-state index < -0.39 is 0 Å². The van der Waals surface area contributed by atoms with Gasteiger partial charge >= 0.3 is 0 Å². The van der Waals surface area contributed by atoms with Crippen LogP contribution in [-0.4, -0.2) is 57.3 Å². The second kappa shape index (κ2) is 6.81. The normalized spacial score (nSPS) is 11.3. The molecule has 0 fully saturated rings. The van der Waals surface area contributed by atoms with Gasteiger partial charge in [-0.3, -0.25) is 4.79 Å². The summed E-state index contributed by atoms with van der Waals surface area (Å²) in [6.45, 7) is 3.00. The monoisotopic (exact) mass is 267 g/mol. The second-order valence-electron chi connectivity index (χ2n) is 5.20. The highest BCUT2D eigenvalue weighted by Gasteiger charge is 2.15. The van der Waals surface area contributed by atoms with E-state index in [2.05, 4.69) is 31.6 Å². The van der Waals surface area contributed by atoms with Crippen molar-refractivity contribution in [1.82, 2.24) is 0 Å². The second-order valence-corrected chi connectivity index (χ2v) is 5.65. The standard InChI is InChI=1S/C14H22N2OS/c1-15(8-9-16(2,3)10-11-18)14-7-5-4-6-13(14)12-17/h4-7,12H,8-11H2,1-3H3/p+1. The van der Waals surface area contributed by atoms with E-state index in [1.54, 1.807) is 0 Å². The number of likely N-dealkylation sites (N-methyl/N-ethyl adjacent to an activating group) is 2. The Labute approximate surface area is 115 Å². The fourth-order valence-corrected chi connectivity index (χ4v) is 2.40. The Kier molecular flexibility index (Phi) is 5.69. The number of para-hydroxylation sites is 1. The highest BCUT2D eigenvalue weighted by molar-refractivity contribution is 7.80. The predicted molar refractivity (Wildman–Crippen MR) is 80.8 cm³/mol. The smallest absolute Gasteiger partial charge is 0.152 e. The molecular formula is C14H23N2OS+. The van der Waals surface area contributed by atoms with Crippen LogP contribution in [0.25, 0.3) is 0 Å². The molecule has 0 spiro atoms. The summed E-state index contributed by atoms with van der Waals surface area (Å²) in [5, 5.41) is 0. The Morgan fingerprint density at radius 2 is 1.94 bits per heavy atom. The summed E-state index contributed by atoms with van der Waals surface area (Å²) in [7, 11) is 6.44. The van der Waals surface area contributed by atoms with Crippen molar-refractivity contribution in [1.29, 1.82) is 0 Å². The molecule has 0 saturated carbocycles. The van der Waals surface area contributed by atoms with Crippen LogP contribution in [-0.2, 0) is 0 Å². The van der Waals surface area contributed by atoms with Crippen LogP contribution in [0.5, 0.6) is 0 Å². The molecule has 3 nitrogen and oxygen atoms in total. The lowest BCUT2D eigenvalue weighted by atomic mass is 10.2. The molecule has 0 aliphatic carbocycles. The Morgan fingerprint density at radius 1 is 1.28 bits per heavy atom. The minimum Gasteiger partial charge on any atom is -0.368 e. The molecule has 0 radical (unpaired) electrons. The van der Waals surface area contributed by atoms with E-state index in [0.29, 0.717) is 0 Å². The summed E-state index contributed by atoms with van der Waals surface area (Å²) < 4.78 is 0.942. The van der Waals surface area contributed by atoms with E-state index in [0.717, 1.165) is 47.4 Å². The van der Waals surface area contributed by atoms with Gasteiger partial charge in [-0.1, -0.05) is 12.1 Å². The lowest BCUT2D eigenvalue weighted by molar-refractivity contribution is -0.886. The summed E-state index contributed by atoms with van der Waals surface area (Å²) in [4.78, 5) is 13.1. The van der Waals surface area contributed by atoms with E-state index in [4.69, 9.17) is 0 Å². The van der Waals surface area contributed by atoms with Gasteiger partial charge in [0.25, 0.3) is 0 Å². The first-order valence-corrected chi connectivity index (χ1v) is 6.81. The minimum absolute atomic E-state index is 0.750. The highest BCUT2D eigenvalue weighted by atomic mass is 32.1. The molecule has 4 heteroatoms. The Morgan fingerprint density at radius 3 is 2.56 bits per heavy atom. The maximum Gasteiger partial charge on any atom is 0.152 e. The largest absolute Gasteiger partial charge is 0.368 e. The fourth-order valence-electron chi connectivity index (χ4n) is 1.86. The molecular weight excluding hydrogens is 244 g/mol. The molecule has 0 bridgehead atoms. The number of benzene rings is 1. The van der Waals surface area contributed by atoms with Crippen molar-refractivity contribution in [3.05, 3.63) is 29.8 Å². The van der Waals surface area contributed by atoms with Gasteiger partial charge in [0.2, 0.25) is 0 Å². The van der Waals surface area contributed by atoms with Crippen LogP contribution in [0.1, 0.15) is 10.4 Å². The van der Waals surface area contributed by atoms with Gasteiger partial charge in [-0.25, -0.2) is 0 Å². The van der Waals surface area contributed by atoms with Crippen molar-refractivity contribution in [2.75, 3.05) is 51.4 Å². The zero-order valence-electron chi connectivity index (χ0n) is 11.5. The number of rotatable bonds is 7. The van der Waals surface area contributed by atoms with Gasteiger partial charge in [0.1, 0.15) is 0 Å². The Balaban J connectivity index is 2.65. The maximum absolute atomic E-state index is 11.0. The highest BCUT2D eigenvalue weighted by Crippen LogP contribution is 2.17. The summed E-state index contributed by atoms with van der Waals surface area (Å²) >= 11 is 4.28. The third-order valence-electron chi connectivity index (χ3n) is 3.22. The van der Waals surface area contributed by atoms with E-state index >= 15 is 0 Å². The van der Waals surface area contributed by atoms with Gasteiger partial charge in [-0.2, -0.15) is 12.6 Å². The third-order valence-corrected chi connectivity index (χ3v) is 3.42. The number of anilines is 1. The zero-order chi connectivity index (χ0) is 13.6. The first-order chi connectivity index (χ1) is 8.50. The van der Waals surface area contributed by atoms with Crippen LogP contribution in [0.15, 0.2) is 24.3 Å². The molecule has 100 valence electrons. The van der Waals surface area contributed by atoms with Gasteiger partial charge in [0.15, 0.2) is 6.29 Å². The van der Waals surface area contributed by atoms with E-state index in [-0.39, 0.29) is 0 Å². The molecule has 0 unspecified atom stereocenters. The van der Waals surface area contributed by atoms with Gasteiger partial charge in [0.05, 0.1) is 33.7 Å². The number of aldehydes is 1. The summed E-state index contributed by atoms with van der Waals surface area (Å²) in [5.74, 6) is 0.891. The number of carbonyl (C=O) groups is 1. The van der Waals surface area contributed by atoms with Crippen molar-refractivity contribution in [3.63, 3.8) is 0 Å². The average Bonchev–Trinajstić information content (AvgIpc) is 2.36. The number of thiol groups is 1. The molecule has 18 heavy (non-hydrogen) atoms. The third kappa shape index (κ3) is 4.35. The quantitative estimate of drug-likeness (QED) is 0.463. The summed E-state index contributed by atoms with van der Waals surface area (Å²) in [6.07, 6.45) is 0.916. The van der Waals surface area contributed by atoms with Crippen molar-refractivity contribution >= 4 is 24.6 Å². The van der Waals surface area contributed by atoms with Gasteiger partial charge in [0, 0.05) is 24.1 Å². The van der Waals surface area contributed by atoms with Crippen LogP contribution in [0, 0.1) is 0 Å². The minimum atomic E-state index is 0.750. The van der Waals surface area contributed by atoms with Gasteiger partial charge < -0.3 is 9.38 Å². The first-order valence-electron chi connectivity index (χ1n) is 6.18. The lowest BCUT2D eigenvalue weighted by Gasteiger charge is -2.32. The van der Waals surface area contributed by atoms with Crippen LogP contribution in [0.3, 0.4) is 0 Å². The van der Waals surface area contributed by atoms with E-state index in [1.165, 1.54) is 0 Å². The first kappa shape index (κ1) is 15.1. The lowest BCUT2D eigenvalue weighted by Crippen LogP contribution is -2.46. The number of quaternary nitrogens is 1. The van der Waals surface area contributed by atoms with Crippen LogP contribution < -0.4 is 4.90 Å². The fraction of sp³-hybridized carbons (Fsp3) is 0.500. The number of carbonyl (C=O) groups excluding carboxylic acids is 1. The van der Waals surface area contributed by atoms with Gasteiger partial charge in [-0.05, 0) is 12.1 Å². The van der Waals surface area contributed by atoms with Crippen molar-refractivity contribution in [2.45, 2.75) is 0 Å². The average molecular weight is 267 g/mol. The molecule has 0 aliphatic heterocycles. The molecule has 0 amide bonds. The number of hydrogen-bond acceptors (Lipinski definition) is 3. The molecule has 0 heterocycles. The topological polar surface area (TPSA) is 20.3 Å². The number of hydrogen-bond donors (Lipinski definition) is 1. The Hall–Kier alpha value is -1.00. The molecule has 0 N–H and O–H groups in total. The Bertz CT molecular complexity index is 393. The van der Waals surface area contributed by atoms with Crippen molar-refractivity contribution < 1.29 is 9.28 Å². The summed E-state index contributed by atoms with van der Waals surface area (Å²) in [6, 6.07) is 7.70. The zero-order valence-corrected chi connectivity index (χ0v) is 12.4. The maximum atomic E-state index is 11.0. The molecule has 0 aliphatic rings. The predicted octanol–water partition coefficient (Wildman–Crippen LogP) is 1.94. The van der Waals surface area contributed by atoms with Crippen molar-refractivity contribution in [3.8, 4) is 0 Å². The van der Waals surface area contributed by atoms with E-state index in [9.17, 15) is 4.79 Å². The van der Waals surface area contributed by atoms with Crippen LogP contribution >= 0.6 is 12.6 Å². The molecule has 1 rings (SSSR count). The molecule has 1 aromatic carbocycles. The number of nitrogens with zero attached hydrogens (tertiary/aromatic N) is 2. The van der Waals surface area contributed by atoms with E-state index in [1.807, 2.05) is 31.3 Å². The summed E-state index contributed by atoms with van der Waals surface area (Å²) in [5.41, 5.74) is 1.75. The molecule has 0 atom stereocenters. The van der Waals surface area contributed by atoms with Gasteiger partial charge in [-0.15, -0.1) is 0 Å². The van der Waals surface area contributed by atoms with Crippen LogP contribution in [0.4, 0.5) is 5.69 Å². The molecule has 0 aromatic heterocycles. The SMILES string of the molecule is CN(CC[N+](C)(C)CCS)c1ccccc1C=O. The van der Waals surface area contributed by atoms with Crippen LogP contribution in [0.2, 0.25) is 0 Å². The van der Waals surface area contributed by atoms with Crippen molar-refractivity contribution in [2.24, 2.45) is 0 Å². The molecule has 1 aromatic rings. The molecule has 0 saturated heterocycles.